The van der Waals surface area contributed by atoms with E-state index in [1.54, 1.807) is 0 Å². The zero-order valence-electron chi connectivity index (χ0n) is 11.5. The van der Waals surface area contributed by atoms with Crippen LogP contribution in [0.2, 0.25) is 0 Å². The van der Waals surface area contributed by atoms with Gasteiger partial charge < -0.3 is 0 Å². The average Bonchev–Trinajstić information content (AvgIpc) is 2.54. The van der Waals surface area contributed by atoms with Crippen LogP contribution in [-0.4, -0.2) is 18.2 Å². The average molecular weight is 265 g/mol. The Morgan fingerprint density at radius 1 is 0.850 bits per heavy atom. The van der Waals surface area contributed by atoms with Gasteiger partial charge in [-0.3, -0.25) is 10.3 Å². The second kappa shape index (κ2) is 4.93. The van der Waals surface area contributed by atoms with Gasteiger partial charge in [-0.1, -0.05) is 42.5 Å². The molecule has 2 aromatic rings. The van der Waals surface area contributed by atoms with Gasteiger partial charge in [0.1, 0.15) is 0 Å². The fraction of sp³-hybridized carbons (Fsp3) is 0.294. The predicted octanol–water partition coefficient (Wildman–Crippen LogP) is 2.53. The van der Waals surface area contributed by atoms with E-state index in [1.165, 1.54) is 22.4 Å². The molecule has 2 aromatic carbocycles. The molecule has 4 rings (SSSR count). The zero-order chi connectivity index (χ0) is 13.4. The van der Waals surface area contributed by atoms with Gasteiger partial charge in [-0.2, -0.15) is 0 Å². The number of hydrazine groups is 1. The summed E-state index contributed by atoms with van der Waals surface area (Å²) in [6.45, 7) is 3.97. The first-order valence-electron chi connectivity index (χ1n) is 7.29. The van der Waals surface area contributed by atoms with Crippen molar-refractivity contribution in [1.82, 2.24) is 10.3 Å². The maximum Gasteiger partial charge on any atom is 0.0844 e. The summed E-state index contributed by atoms with van der Waals surface area (Å²) in [7, 11) is 0. The SMILES string of the molecule is c1ccc2c(c1)CCN(N1CNCc3ccccc31)C2. The summed E-state index contributed by atoms with van der Waals surface area (Å²) >= 11 is 0. The lowest BCUT2D eigenvalue weighted by Gasteiger charge is -2.42. The van der Waals surface area contributed by atoms with E-state index in [1.807, 2.05) is 0 Å². The second-order valence-corrected chi connectivity index (χ2v) is 5.52. The Morgan fingerprint density at radius 2 is 1.60 bits per heavy atom. The zero-order valence-corrected chi connectivity index (χ0v) is 11.5. The van der Waals surface area contributed by atoms with Crippen LogP contribution in [0, 0.1) is 0 Å². The van der Waals surface area contributed by atoms with Gasteiger partial charge in [-0.15, -0.1) is 0 Å². The highest BCUT2D eigenvalue weighted by Gasteiger charge is 2.25. The Hall–Kier alpha value is -1.84. The standard InChI is InChI=1S/C17H19N3/c1-2-7-16-12-19(10-9-14(16)5-1)20-13-18-11-15-6-3-4-8-17(15)20/h1-8,18H,9-13H2. The molecule has 3 heteroatoms. The molecule has 0 saturated carbocycles. The summed E-state index contributed by atoms with van der Waals surface area (Å²) in [5.74, 6) is 0. The third-order valence-electron chi connectivity index (χ3n) is 4.30. The Labute approximate surface area is 119 Å². The predicted molar refractivity (Wildman–Crippen MR) is 81.2 cm³/mol. The van der Waals surface area contributed by atoms with Crippen molar-refractivity contribution in [3.63, 3.8) is 0 Å². The number of hydrogen-bond donors (Lipinski definition) is 1. The molecule has 0 aliphatic carbocycles. The van der Waals surface area contributed by atoms with Crippen LogP contribution < -0.4 is 10.3 Å². The number of fused-ring (bicyclic) bond motifs is 2. The Bertz CT molecular complexity index is 623. The maximum atomic E-state index is 3.50. The van der Waals surface area contributed by atoms with Crippen LogP contribution in [-0.2, 0) is 19.5 Å². The summed E-state index contributed by atoms with van der Waals surface area (Å²) in [4.78, 5) is 0. The third-order valence-corrected chi connectivity index (χ3v) is 4.30. The molecule has 0 spiro atoms. The van der Waals surface area contributed by atoms with Crippen LogP contribution in [0.4, 0.5) is 5.69 Å². The van der Waals surface area contributed by atoms with Gasteiger partial charge >= 0.3 is 0 Å². The molecule has 2 heterocycles. The van der Waals surface area contributed by atoms with E-state index in [0.29, 0.717) is 0 Å². The Balaban J connectivity index is 1.64. The summed E-state index contributed by atoms with van der Waals surface area (Å²) in [5.41, 5.74) is 5.70. The van der Waals surface area contributed by atoms with E-state index < -0.39 is 0 Å². The van der Waals surface area contributed by atoms with Crippen LogP contribution in [0.1, 0.15) is 16.7 Å². The highest BCUT2D eigenvalue weighted by Crippen LogP contribution is 2.28. The van der Waals surface area contributed by atoms with E-state index in [-0.39, 0.29) is 0 Å². The van der Waals surface area contributed by atoms with Crippen LogP contribution in [0.15, 0.2) is 48.5 Å². The van der Waals surface area contributed by atoms with Crippen molar-refractivity contribution in [1.29, 1.82) is 0 Å². The summed E-state index contributed by atoms with van der Waals surface area (Å²) in [6, 6.07) is 17.5. The number of para-hydroxylation sites is 1. The lowest BCUT2D eigenvalue weighted by Crippen LogP contribution is -2.51. The lowest BCUT2D eigenvalue weighted by molar-refractivity contribution is 0.218. The van der Waals surface area contributed by atoms with Crippen LogP contribution in [0.25, 0.3) is 0 Å². The van der Waals surface area contributed by atoms with Gasteiger partial charge in [0.25, 0.3) is 0 Å². The summed E-state index contributed by atoms with van der Waals surface area (Å²) in [6.07, 6.45) is 1.13. The normalized spacial score (nSPS) is 18.5. The summed E-state index contributed by atoms with van der Waals surface area (Å²) in [5, 5.41) is 8.36. The molecular weight excluding hydrogens is 246 g/mol. The minimum Gasteiger partial charge on any atom is -0.295 e. The second-order valence-electron chi connectivity index (χ2n) is 5.52. The molecule has 0 radical (unpaired) electrons. The van der Waals surface area contributed by atoms with Gasteiger partial charge in [0, 0.05) is 19.6 Å². The van der Waals surface area contributed by atoms with Crippen molar-refractivity contribution < 1.29 is 0 Å². The van der Waals surface area contributed by atoms with Crippen molar-refractivity contribution in [3.8, 4) is 0 Å². The largest absolute Gasteiger partial charge is 0.295 e. The van der Waals surface area contributed by atoms with Crippen LogP contribution in [0.3, 0.4) is 0 Å². The number of benzene rings is 2. The van der Waals surface area contributed by atoms with Crippen molar-refractivity contribution >= 4 is 5.69 Å². The number of anilines is 1. The van der Waals surface area contributed by atoms with Crippen molar-refractivity contribution in [2.75, 3.05) is 18.2 Å². The van der Waals surface area contributed by atoms with Crippen molar-refractivity contribution in [3.05, 3.63) is 65.2 Å². The van der Waals surface area contributed by atoms with E-state index in [0.717, 1.165) is 32.7 Å². The first-order chi connectivity index (χ1) is 9.92. The number of rotatable bonds is 1. The van der Waals surface area contributed by atoms with Gasteiger partial charge in [-0.05, 0) is 29.2 Å². The number of nitrogens with zero attached hydrogens (tertiary/aromatic N) is 2. The van der Waals surface area contributed by atoms with Crippen molar-refractivity contribution in [2.24, 2.45) is 0 Å². The molecule has 0 aromatic heterocycles. The smallest absolute Gasteiger partial charge is 0.0844 e. The van der Waals surface area contributed by atoms with E-state index in [2.05, 4.69) is 63.9 Å². The molecule has 2 aliphatic heterocycles. The molecule has 102 valence electrons. The van der Waals surface area contributed by atoms with Gasteiger partial charge in [0.2, 0.25) is 0 Å². The first-order valence-corrected chi connectivity index (χ1v) is 7.29. The van der Waals surface area contributed by atoms with Crippen LogP contribution in [0.5, 0.6) is 0 Å². The highest BCUT2D eigenvalue weighted by atomic mass is 15.6. The Morgan fingerprint density at radius 3 is 2.50 bits per heavy atom. The molecule has 2 aliphatic rings. The molecule has 0 amide bonds. The minimum atomic E-state index is 0.902. The highest BCUT2D eigenvalue weighted by molar-refractivity contribution is 5.54. The van der Waals surface area contributed by atoms with Crippen molar-refractivity contribution in [2.45, 2.75) is 19.5 Å². The lowest BCUT2D eigenvalue weighted by atomic mass is 10.0. The molecule has 1 N–H and O–H groups in total. The molecule has 3 nitrogen and oxygen atoms in total. The number of nitrogens with one attached hydrogen (secondary N) is 1. The van der Waals surface area contributed by atoms with Gasteiger partial charge in [-0.25, -0.2) is 5.01 Å². The number of hydrogen-bond acceptors (Lipinski definition) is 3. The van der Waals surface area contributed by atoms with E-state index >= 15 is 0 Å². The van der Waals surface area contributed by atoms with E-state index in [4.69, 9.17) is 0 Å². The van der Waals surface area contributed by atoms with E-state index in [9.17, 15) is 0 Å². The Kier molecular flexibility index (Phi) is 2.94. The van der Waals surface area contributed by atoms with Gasteiger partial charge in [0.05, 0.1) is 12.4 Å². The molecule has 0 saturated heterocycles. The van der Waals surface area contributed by atoms with Gasteiger partial charge in [0.15, 0.2) is 0 Å². The summed E-state index contributed by atoms with van der Waals surface area (Å²) < 4.78 is 0. The minimum absolute atomic E-state index is 0.902. The molecule has 0 atom stereocenters. The fourth-order valence-corrected chi connectivity index (χ4v) is 3.23. The monoisotopic (exact) mass is 265 g/mol. The fourth-order valence-electron chi connectivity index (χ4n) is 3.23. The quantitative estimate of drug-likeness (QED) is 0.855. The topological polar surface area (TPSA) is 18.5 Å². The first kappa shape index (κ1) is 11.9. The molecule has 0 bridgehead atoms. The maximum absolute atomic E-state index is 3.50. The molecule has 20 heavy (non-hydrogen) atoms. The third kappa shape index (κ3) is 1.99. The molecular formula is C17H19N3. The molecule has 0 unspecified atom stereocenters. The molecule has 0 fully saturated rings. The van der Waals surface area contributed by atoms with Crippen LogP contribution >= 0.6 is 0 Å².